The van der Waals surface area contributed by atoms with Crippen LogP contribution in [0.25, 0.3) is 22.5 Å². The summed E-state index contributed by atoms with van der Waals surface area (Å²) in [6, 6.07) is 16.0. The van der Waals surface area contributed by atoms with E-state index in [2.05, 4.69) is 49.4 Å². The molecule has 0 saturated heterocycles. The molecule has 0 radical (unpaired) electrons. The Morgan fingerprint density at radius 3 is 2.57 bits per heavy atom. The summed E-state index contributed by atoms with van der Waals surface area (Å²) in [4.78, 5) is 4.09. The first-order chi connectivity index (χ1) is 13.7. The standard InChI is InChI=1S/C20H19N7O/c1-2-3-8-18-21-20(28)24-27(18)13-14-9-11-15(12-10-14)16-6-4-5-7-17(16)19-22-25-26-23-19/h2,4-7,9-12H,1,3,8,13H2,(H,24,28)(H,22,23,25,26). The predicted molar refractivity (Wildman–Crippen MR) is 104 cm³/mol. The number of benzene rings is 2. The molecule has 140 valence electrons. The average Bonchev–Trinajstić information content (AvgIpc) is 3.37. The highest BCUT2D eigenvalue weighted by Crippen LogP contribution is 2.29. The summed E-state index contributed by atoms with van der Waals surface area (Å²) >= 11 is 0. The fraction of sp³-hybridized carbons (Fsp3) is 0.150. The number of hydrogen-bond donors (Lipinski definition) is 2. The van der Waals surface area contributed by atoms with Gasteiger partial charge in [-0.2, -0.15) is 4.98 Å². The topological polar surface area (TPSA) is 105 Å². The number of H-pyrrole nitrogens is 1. The number of allylic oxidation sites excluding steroid dienone is 1. The van der Waals surface area contributed by atoms with Gasteiger partial charge in [0, 0.05) is 12.0 Å². The number of aromatic nitrogens is 7. The first-order valence-corrected chi connectivity index (χ1v) is 8.90. The SMILES string of the molecule is C=CCCc1nc(O)nn1Cc1ccc(-c2ccccc2-c2nnn[nH]2)cc1. The Bertz CT molecular complexity index is 1070. The number of tetrazole rings is 1. The molecule has 2 N–H and O–H groups in total. The number of hydrogen-bond acceptors (Lipinski definition) is 6. The Morgan fingerprint density at radius 1 is 1.07 bits per heavy atom. The lowest BCUT2D eigenvalue weighted by atomic mass is 9.98. The normalized spacial score (nSPS) is 10.9. The van der Waals surface area contributed by atoms with E-state index in [0.29, 0.717) is 18.8 Å². The second-order valence-electron chi connectivity index (χ2n) is 6.31. The zero-order valence-corrected chi connectivity index (χ0v) is 15.2. The van der Waals surface area contributed by atoms with Crippen molar-refractivity contribution < 1.29 is 5.11 Å². The molecule has 0 spiro atoms. The number of aromatic amines is 1. The Labute approximate surface area is 161 Å². The van der Waals surface area contributed by atoms with E-state index in [1.54, 1.807) is 4.68 Å². The Kier molecular flexibility index (Phi) is 4.92. The first-order valence-electron chi connectivity index (χ1n) is 8.90. The molecule has 4 aromatic rings. The van der Waals surface area contributed by atoms with Crippen LogP contribution in [0.2, 0.25) is 0 Å². The maximum absolute atomic E-state index is 9.64. The van der Waals surface area contributed by atoms with E-state index in [1.165, 1.54) is 0 Å². The molecule has 4 rings (SSSR count). The van der Waals surface area contributed by atoms with Crippen molar-refractivity contribution in [2.45, 2.75) is 19.4 Å². The van der Waals surface area contributed by atoms with E-state index in [9.17, 15) is 5.11 Å². The van der Waals surface area contributed by atoms with Gasteiger partial charge in [0.15, 0.2) is 5.82 Å². The van der Waals surface area contributed by atoms with Crippen LogP contribution < -0.4 is 0 Å². The molecule has 0 saturated carbocycles. The van der Waals surface area contributed by atoms with E-state index in [1.807, 2.05) is 42.5 Å². The summed E-state index contributed by atoms with van der Waals surface area (Å²) in [5.74, 6) is 1.37. The molecule has 8 nitrogen and oxygen atoms in total. The minimum absolute atomic E-state index is 0.203. The fourth-order valence-electron chi connectivity index (χ4n) is 3.08. The number of nitrogens with zero attached hydrogens (tertiary/aromatic N) is 6. The van der Waals surface area contributed by atoms with Crippen LogP contribution in [0.15, 0.2) is 61.2 Å². The van der Waals surface area contributed by atoms with E-state index < -0.39 is 0 Å². The molecule has 0 atom stereocenters. The van der Waals surface area contributed by atoms with Gasteiger partial charge >= 0.3 is 6.01 Å². The van der Waals surface area contributed by atoms with Crippen molar-refractivity contribution in [2.75, 3.05) is 0 Å². The smallest absolute Gasteiger partial charge is 0.333 e. The summed E-state index contributed by atoms with van der Waals surface area (Å²) in [5.41, 5.74) is 4.10. The third-order valence-electron chi connectivity index (χ3n) is 4.43. The summed E-state index contributed by atoms with van der Waals surface area (Å²) < 4.78 is 1.72. The van der Waals surface area contributed by atoms with Crippen molar-refractivity contribution >= 4 is 0 Å². The minimum Gasteiger partial charge on any atom is -0.478 e. The van der Waals surface area contributed by atoms with Crippen LogP contribution in [-0.4, -0.2) is 40.5 Å². The molecule has 2 aromatic carbocycles. The van der Waals surface area contributed by atoms with Crippen LogP contribution in [0, 0.1) is 0 Å². The molecule has 0 fully saturated rings. The third kappa shape index (κ3) is 3.66. The zero-order chi connectivity index (χ0) is 19.3. The molecule has 0 unspecified atom stereocenters. The molecule has 2 aromatic heterocycles. The van der Waals surface area contributed by atoms with Crippen LogP contribution in [0.3, 0.4) is 0 Å². The summed E-state index contributed by atoms with van der Waals surface area (Å²) in [5, 5.41) is 27.9. The summed E-state index contributed by atoms with van der Waals surface area (Å²) in [6.07, 6.45) is 3.30. The van der Waals surface area contributed by atoms with Crippen LogP contribution in [0.5, 0.6) is 6.01 Å². The monoisotopic (exact) mass is 373 g/mol. The molecular formula is C20H19N7O. The molecule has 0 bridgehead atoms. The molecule has 0 amide bonds. The lowest BCUT2D eigenvalue weighted by Crippen LogP contribution is -2.07. The predicted octanol–water partition coefficient (Wildman–Crippen LogP) is 3.00. The second-order valence-corrected chi connectivity index (χ2v) is 6.31. The maximum Gasteiger partial charge on any atom is 0.333 e. The van der Waals surface area contributed by atoms with Gasteiger partial charge in [-0.25, -0.2) is 9.78 Å². The molecule has 0 aliphatic carbocycles. The van der Waals surface area contributed by atoms with Crippen LogP contribution in [0.1, 0.15) is 17.8 Å². The summed E-state index contributed by atoms with van der Waals surface area (Å²) in [6.45, 7) is 4.26. The fourth-order valence-corrected chi connectivity index (χ4v) is 3.08. The number of aryl methyl sites for hydroxylation is 1. The van der Waals surface area contributed by atoms with Gasteiger partial charge in [-0.1, -0.05) is 54.6 Å². The third-order valence-corrected chi connectivity index (χ3v) is 4.43. The second kappa shape index (κ2) is 7.83. The van der Waals surface area contributed by atoms with Crippen molar-refractivity contribution in [1.29, 1.82) is 0 Å². The molecule has 28 heavy (non-hydrogen) atoms. The first kappa shape index (κ1) is 17.6. The van der Waals surface area contributed by atoms with Crippen LogP contribution >= 0.6 is 0 Å². The van der Waals surface area contributed by atoms with E-state index >= 15 is 0 Å². The lowest BCUT2D eigenvalue weighted by molar-refractivity contribution is 0.425. The van der Waals surface area contributed by atoms with Gasteiger partial charge in [0.25, 0.3) is 0 Å². The Morgan fingerprint density at radius 2 is 1.86 bits per heavy atom. The van der Waals surface area contributed by atoms with Gasteiger partial charge in [-0.15, -0.1) is 16.8 Å². The molecular weight excluding hydrogens is 354 g/mol. The molecule has 0 aliphatic heterocycles. The summed E-state index contributed by atoms with van der Waals surface area (Å²) in [7, 11) is 0. The highest BCUT2D eigenvalue weighted by atomic mass is 16.3. The van der Waals surface area contributed by atoms with Gasteiger partial charge in [0.1, 0.15) is 5.82 Å². The number of nitrogens with one attached hydrogen (secondary N) is 1. The average molecular weight is 373 g/mol. The molecule has 0 aliphatic rings. The van der Waals surface area contributed by atoms with Crippen molar-refractivity contribution in [1.82, 2.24) is 35.4 Å². The number of aromatic hydroxyl groups is 1. The largest absolute Gasteiger partial charge is 0.478 e. The van der Waals surface area contributed by atoms with E-state index in [-0.39, 0.29) is 6.01 Å². The quantitative estimate of drug-likeness (QED) is 0.483. The van der Waals surface area contributed by atoms with Crippen molar-refractivity contribution in [3.05, 3.63) is 72.6 Å². The Balaban J connectivity index is 1.59. The highest BCUT2D eigenvalue weighted by Gasteiger charge is 2.11. The van der Waals surface area contributed by atoms with Crippen molar-refractivity contribution in [2.24, 2.45) is 0 Å². The van der Waals surface area contributed by atoms with Gasteiger partial charge in [0.05, 0.1) is 6.54 Å². The zero-order valence-electron chi connectivity index (χ0n) is 15.2. The Hall–Kier alpha value is -3.81. The maximum atomic E-state index is 9.64. The minimum atomic E-state index is -0.203. The van der Waals surface area contributed by atoms with Crippen LogP contribution in [-0.2, 0) is 13.0 Å². The lowest BCUT2D eigenvalue weighted by Gasteiger charge is -2.09. The van der Waals surface area contributed by atoms with E-state index in [0.717, 1.165) is 34.5 Å². The van der Waals surface area contributed by atoms with Gasteiger partial charge < -0.3 is 5.11 Å². The van der Waals surface area contributed by atoms with E-state index in [4.69, 9.17) is 0 Å². The highest BCUT2D eigenvalue weighted by molar-refractivity contribution is 5.80. The van der Waals surface area contributed by atoms with Crippen molar-refractivity contribution in [3.8, 4) is 28.5 Å². The van der Waals surface area contributed by atoms with Gasteiger partial charge in [-0.05, 0) is 33.5 Å². The van der Waals surface area contributed by atoms with Gasteiger partial charge in [-0.3, -0.25) is 0 Å². The van der Waals surface area contributed by atoms with Gasteiger partial charge in [0.2, 0.25) is 0 Å². The molecule has 8 heteroatoms. The number of rotatable bonds is 7. The van der Waals surface area contributed by atoms with Crippen molar-refractivity contribution in [3.63, 3.8) is 0 Å². The van der Waals surface area contributed by atoms with Crippen LogP contribution in [0.4, 0.5) is 0 Å². The molecule has 2 heterocycles.